The number of imide groups is 1. The molecule has 2 N–H and O–H groups in total. The summed E-state index contributed by atoms with van der Waals surface area (Å²) in [6.07, 6.45) is 0.776. The molecule has 0 radical (unpaired) electrons. The third-order valence-corrected chi connectivity index (χ3v) is 3.17. The minimum absolute atomic E-state index is 0.0163. The van der Waals surface area contributed by atoms with Crippen LogP contribution in [0.4, 0.5) is 4.79 Å². The fourth-order valence-corrected chi connectivity index (χ4v) is 1.47. The molecule has 1 unspecified atom stereocenters. The third-order valence-electron chi connectivity index (χ3n) is 3.17. The molecule has 1 atom stereocenters. The molecular weight excluding hydrogens is 248 g/mol. The average molecular weight is 270 g/mol. The quantitative estimate of drug-likeness (QED) is 0.745. The second-order valence-corrected chi connectivity index (χ2v) is 4.36. The molecule has 6 nitrogen and oxygen atoms in total. The zero-order valence-corrected chi connectivity index (χ0v) is 12.1. The van der Waals surface area contributed by atoms with E-state index in [0.717, 1.165) is 6.42 Å². The number of aliphatic carboxylic acids is 1. The lowest BCUT2D eigenvalue weighted by molar-refractivity contribution is -0.133. The minimum atomic E-state index is -1.17. The highest BCUT2D eigenvalue weighted by Gasteiger charge is 2.21. The zero-order chi connectivity index (χ0) is 15.2. The Morgan fingerprint density at radius 1 is 1.16 bits per heavy atom. The Kier molecular flexibility index (Phi) is 6.82. The largest absolute Gasteiger partial charge is 0.478 e. The lowest BCUT2D eigenvalue weighted by Crippen LogP contribution is -2.47. The van der Waals surface area contributed by atoms with Crippen molar-refractivity contribution in [3.8, 4) is 0 Å². The number of carboxylic acid groups (broad SMARTS) is 1. The van der Waals surface area contributed by atoms with Gasteiger partial charge in [0, 0.05) is 23.7 Å². The molecule has 0 rings (SSSR count). The molecule has 108 valence electrons. The molecule has 0 saturated carbocycles. The van der Waals surface area contributed by atoms with Crippen molar-refractivity contribution in [3.05, 3.63) is 11.1 Å². The molecule has 0 heterocycles. The van der Waals surface area contributed by atoms with Gasteiger partial charge in [0.2, 0.25) is 0 Å². The topological polar surface area (TPSA) is 86.7 Å². The number of amides is 3. The van der Waals surface area contributed by atoms with Gasteiger partial charge in [0.15, 0.2) is 0 Å². The smallest absolute Gasteiger partial charge is 0.331 e. The van der Waals surface area contributed by atoms with Crippen molar-refractivity contribution in [1.82, 2.24) is 10.2 Å². The van der Waals surface area contributed by atoms with Crippen molar-refractivity contribution in [2.45, 2.75) is 47.1 Å². The van der Waals surface area contributed by atoms with Gasteiger partial charge in [0.1, 0.15) is 0 Å². The van der Waals surface area contributed by atoms with E-state index >= 15 is 0 Å². The van der Waals surface area contributed by atoms with Crippen LogP contribution >= 0.6 is 0 Å². The first kappa shape index (κ1) is 17.2. The highest BCUT2D eigenvalue weighted by atomic mass is 16.4. The van der Waals surface area contributed by atoms with Crippen LogP contribution in [0, 0.1) is 0 Å². The van der Waals surface area contributed by atoms with Crippen molar-refractivity contribution in [2.75, 3.05) is 6.54 Å². The van der Waals surface area contributed by atoms with Gasteiger partial charge in [-0.05, 0) is 34.1 Å². The molecule has 19 heavy (non-hydrogen) atoms. The number of hydrogen-bond donors (Lipinski definition) is 2. The Bertz CT molecular complexity index is 401. The standard InChI is InChI=1S/C13H22N2O4/c1-6-8(3)15(7-2)13(19)14-11(16)9(4)10(5)12(17)18/h8H,6-7H2,1-5H3,(H,17,18)(H,14,16,19). The number of carboxylic acids is 1. The van der Waals surface area contributed by atoms with E-state index in [4.69, 9.17) is 5.11 Å². The molecule has 0 saturated heterocycles. The van der Waals surface area contributed by atoms with Crippen LogP contribution < -0.4 is 5.32 Å². The van der Waals surface area contributed by atoms with Gasteiger partial charge in [-0.1, -0.05) is 6.92 Å². The summed E-state index contributed by atoms with van der Waals surface area (Å²) in [5.74, 6) is -1.85. The van der Waals surface area contributed by atoms with Crippen LogP contribution in [0.3, 0.4) is 0 Å². The molecule has 0 aromatic heterocycles. The second kappa shape index (κ2) is 7.56. The van der Waals surface area contributed by atoms with Gasteiger partial charge < -0.3 is 10.0 Å². The fourth-order valence-electron chi connectivity index (χ4n) is 1.47. The number of nitrogens with zero attached hydrogens (tertiary/aromatic N) is 1. The maximum atomic E-state index is 11.9. The number of hydrogen-bond acceptors (Lipinski definition) is 3. The summed E-state index contributed by atoms with van der Waals surface area (Å²) in [6, 6.07) is -0.484. The molecular formula is C13H22N2O4. The van der Waals surface area contributed by atoms with Crippen LogP contribution in [-0.4, -0.2) is 40.5 Å². The third kappa shape index (κ3) is 4.73. The number of carbonyl (C=O) groups is 3. The van der Waals surface area contributed by atoms with E-state index in [0.29, 0.717) is 6.54 Å². The zero-order valence-electron chi connectivity index (χ0n) is 12.1. The number of urea groups is 1. The number of carbonyl (C=O) groups excluding carboxylic acids is 2. The Morgan fingerprint density at radius 3 is 2.05 bits per heavy atom. The fraction of sp³-hybridized carbons (Fsp3) is 0.615. The monoisotopic (exact) mass is 270 g/mol. The van der Waals surface area contributed by atoms with Gasteiger partial charge in [-0.25, -0.2) is 9.59 Å². The first-order valence-corrected chi connectivity index (χ1v) is 6.28. The number of rotatable bonds is 5. The molecule has 0 fully saturated rings. The molecule has 0 aliphatic carbocycles. The molecule has 0 bridgehead atoms. The molecule has 3 amide bonds. The van der Waals surface area contributed by atoms with Crippen molar-refractivity contribution in [2.24, 2.45) is 0 Å². The van der Waals surface area contributed by atoms with Gasteiger partial charge >= 0.3 is 12.0 Å². The van der Waals surface area contributed by atoms with Crippen molar-refractivity contribution >= 4 is 17.9 Å². The maximum absolute atomic E-state index is 11.9. The van der Waals surface area contributed by atoms with Crippen LogP contribution in [0.25, 0.3) is 0 Å². The van der Waals surface area contributed by atoms with Gasteiger partial charge in [-0.15, -0.1) is 0 Å². The number of nitrogens with one attached hydrogen (secondary N) is 1. The molecule has 0 aliphatic heterocycles. The summed E-state index contributed by atoms with van der Waals surface area (Å²) in [5.41, 5.74) is -0.0436. The first-order chi connectivity index (χ1) is 8.76. The van der Waals surface area contributed by atoms with Gasteiger partial charge in [0.05, 0.1) is 0 Å². The van der Waals surface area contributed by atoms with Crippen molar-refractivity contribution < 1.29 is 19.5 Å². The highest BCUT2D eigenvalue weighted by molar-refractivity contribution is 6.07. The summed E-state index contributed by atoms with van der Waals surface area (Å²) in [7, 11) is 0. The molecule has 0 aromatic rings. The summed E-state index contributed by atoms with van der Waals surface area (Å²) >= 11 is 0. The van der Waals surface area contributed by atoms with Gasteiger partial charge in [-0.2, -0.15) is 0 Å². The Morgan fingerprint density at radius 2 is 1.68 bits per heavy atom. The van der Waals surface area contributed by atoms with E-state index in [2.05, 4.69) is 5.32 Å². The van der Waals surface area contributed by atoms with Crippen LogP contribution in [-0.2, 0) is 9.59 Å². The first-order valence-electron chi connectivity index (χ1n) is 6.28. The average Bonchev–Trinajstić information content (AvgIpc) is 2.36. The maximum Gasteiger partial charge on any atom is 0.331 e. The van der Waals surface area contributed by atoms with E-state index < -0.39 is 17.9 Å². The molecule has 0 aromatic carbocycles. The predicted molar refractivity (Wildman–Crippen MR) is 71.7 cm³/mol. The summed E-state index contributed by atoms with van der Waals surface area (Å²) < 4.78 is 0. The van der Waals surface area contributed by atoms with E-state index in [9.17, 15) is 14.4 Å². The molecule has 0 aliphatic rings. The van der Waals surface area contributed by atoms with Crippen molar-refractivity contribution in [3.63, 3.8) is 0 Å². The SMILES string of the molecule is CCC(C)N(CC)C(=O)NC(=O)C(C)=C(C)C(=O)O. The van der Waals surface area contributed by atoms with Crippen LogP contribution in [0.15, 0.2) is 11.1 Å². The molecule has 6 heteroatoms. The van der Waals surface area contributed by atoms with E-state index in [1.807, 2.05) is 20.8 Å². The summed E-state index contributed by atoms with van der Waals surface area (Å²) in [6.45, 7) is 8.84. The Hall–Kier alpha value is -1.85. The summed E-state index contributed by atoms with van der Waals surface area (Å²) in [4.78, 5) is 35.9. The van der Waals surface area contributed by atoms with Crippen LogP contribution in [0.2, 0.25) is 0 Å². The van der Waals surface area contributed by atoms with Gasteiger partial charge in [0.25, 0.3) is 5.91 Å². The lowest BCUT2D eigenvalue weighted by Gasteiger charge is -2.27. The molecule has 0 spiro atoms. The Labute approximate surface area is 113 Å². The van der Waals surface area contributed by atoms with E-state index in [1.54, 1.807) is 0 Å². The lowest BCUT2D eigenvalue weighted by atomic mass is 10.1. The van der Waals surface area contributed by atoms with Crippen LogP contribution in [0.1, 0.15) is 41.0 Å². The highest BCUT2D eigenvalue weighted by Crippen LogP contribution is 2.06. The van der Waals surface area contributed by atoms with Crippen LogP contribution in [0.5, 0.6) is 0 Å². The minimum Gasteiger partial charge on any atom is -0.478 e. The summed E-state index contributed by atoms with van der Waals surface area (Å²) in [5, 5.41) is 11.0. The predicted octanol–water partition coefficient (Wildman–Crippen LogP) is 1.76. The Balaban J connectivity index is 4.87. The normalized spacial score (nSPS) is 13.3. The van der Waals surface area contributed by atoms with Gasteiger partial charge in [-0.3, -0.25) is 10.1 Å². The van der Waals surface area contributed by atoms with E-state index in [1.165, 1.54) is 18.7 Å². The second-order valence-electron chi connectivity index (χ2n) is 4.36. The van der Waals surface area contributed by atoms with Crippen molar-refractivity contribution in [1.29, 1.82) is 0 Å². The van der Waals surface area contributed by atoms with E-state index in [-0.39, 0.29) is 17.2 Å².